The molecule has 78 valence electrons. The lowest BCUT2D eigenvalue weighted by Gasteiger charge is -2.15. The predicted molar refractivity (Wildman–Crippen MR) is 61.3 cm³/mol. The molecule has 0 amide bonds. The average Bonchev–Trinajstić information content (AvgIpc) is 2.20. The van der Waals surface area contributed by atoms with Crippen LogP contribution < -0.4 is 5.32 Å². The Kier molecular flexibility index (Phi) is 5.27. The van der Waals surface area contributed by atoms with E-state index in [9.17, 15) is 0 Å². The Morgan fingerprint density at radius 2 is 1.93 bits per heavy atom. The van der Waals surface area contributed by atoms with Crippen LogP contribution in [-0.4, -0.2) is 32.2 Å². The van der Waals surface area contributed by atoms with Crippen molar-refractivity contribution in [3.05, 3.63) is 35.9 Å². The molecule has 0 aliphatic carbocycles. The second-order valence-corrected chi connectivity index (χ2v) is 3.68. The van der Waals surface area contributed by atoms with E-state index in [0.29, 0.717) is 0 Å². The second kappa shape index (κ2) is 6.57. The summed E-state index contributed by atoms with van der Waals surface area (Å²) in [4.78, 5) is 2.29. The summed E-state index contributed by atoms with van der Waals surface area (Å²) in [6, 6.07) is 10.7. The molecule has 0 unspecified atom stereocenters. The van der Waals surface area contributed by atoms with Gasteiger partial charge in [-0.2, -0.15) is 0 Å². The maximum absolute atomic E-state index is 3.14. The first-order chi connectivity index (χ1) is 6.83. The number of hydrogen-bond donors (Lipinski definition) is 1. The van der Waals surface area contributed by atoms with Gasteiger partial charge in [0.1, 0.15) is 0 Å². The summed E-state index contributed by atoms with van der Waals surface area (Å²) in [7, 11) is 4.12. The van der Waals surface area contributed by atoms with E-state index in [2.05, 4.69) is 47.6 Å². The minimum atomic E-state index is 0.967. The van der Waals surface area contributed by atoms with Gasteiger partial charge < -0.3 is 5.32 Å². The maximum atomic E-state index is 3.14. The lowest BCUT2D eigenvalue weighted by atomic mass is 10.1. The third kappa shape index (κ3) is 4.40. The molecule has 0 spiro atoms. The maximum Gasteiger partial charge on any atom is 0.0475 e. The standard InChI is InChI=1S/C12H20N2/c1-13-11-14(2)10-6-9-12-7-4-3-5-8-12/h3-5,7-8,13H,6,9-11H2,1-2H3. The van der Waals surface area contributed by atoms with Crippen LogP contribution in [0.25, 0.3) is 0 Å². The zero-order valence-electron chi connectivity index (χ0n) is 9.16. The van der Waals surface area contributed by atoms with E-state index < -0.39 is 0 Å². The number of nitrogens with one attached hydrogen (secondary N) is 1. The quantitative estimate of drug-likeness (QED) is 0.691. The summed E-state index contributed by atoms with van der Waals surface area (Å²) >= 11 is 0. The summed E-state index contributed by atoms with van der Waals surface area (Å²) in [5.74, 6) is 0. The van der Waals surface area contributed by atoms with Crippen molar-refractivity contribution in [1.82, 2.24) is 10.2 Å². The number of rotatable bonds is 6. The fraction of sp³-hybridized carbons (Fsp3) is 0.500. The highest BCUT2D eigenvalue weighted by molar-refractivity contribution is 5.14. The highest BCUT2D eigenvalue weighted by atomic mass is 15.2. The summed E-state index contributed by atoms with van der Waals surface area (Å²) < 4.78 is 0. The van der Waals surface area contributed by atoms with Crippen LogP contribution in [0.3, 0.4) is 0 Å². The summed E-state index contributed by atoms with van der Waals surface area (Å²) in [6.45, 7) is 2.12. The number of hydrogen-bond acceptors (Lipinski definition) is 2. The summed E-state index contributed by atoms with van der Waals surface area (Å²) in [5.41, 5.74) is 1.44. The molecule has 0 fully saturated rings. The SMILES string of the molecule is CNCN(C)CCCc1ccccc1. The van der Waals surface area contributed by atoms with E-state index in [1.54, 1.807) is 0 Å². The first-order valence-electron chi connectivity index (χ1n) is 5.20. The highest BCUT2D eigenvalue weighted by Gasteiger charge is 1.96. The van der Waals surface area contributed by atoms with Gasteiger partial charge >= 0.3 is 0 Å². The second-order valence-electron chi connectivity index (χ2n) is 3.68. The number of benzene rings is 1. The summed E-state index contributed by atoms with van der Waals surface area (Å²) in [5, 5.41) is 3.14. The van der Waals surface area contributed by atoms with Gasteiger partial charge in [-0.3, -0.25) is 4.90 Å². The molecule has 0 aliphatic heterocycles. The molecule has 0 radical (unpaired) electrons. The first-order valence-corrected chi connectivity index (χ1v) is 5.20. The van der Waals surface area contributed by atoms with E-state index in [0.717, 1.165) is 13.2 Å². The fourth-order valence-electron chi connectivity index (χ4n) is 1.55. The molecule has 2 nitrogen and oxygen atoms in total. The number of nitrogens with zero attached hydrogens (tertiary/aromatic N) is 1. The van der Waals surface area contributed by atoms with Crippen molar-refractivity contribution in [2.45, 2.75) is 12.8 Å². The zero-order valence-corrected chi connectivity index (χ0v) is 9.16. The molecular formula is C12H20N2. The van der Waals surface area contributed by atoms with Gasteiger partial charge in [0.15, 0.2) is 0 Å². The molecule has 2 heteroatoms. The van der Waals surface area contributed by atoms with Crippen LogP contribution in [0.1, 0.15) is 12.0 Å². The minimum Gasteiger partial charge on any atom is -0.307 e. The number of aryl methyl sites for hydroxylation is 1. The smallest absolute Gasteiger partial charge is 0.0475 e. The van der Waals surface area contributed by atoms with Crippen molar-refractivity contribution in [3.63, 3.8) is 0 Å². The molecule has 1 aromatic rings. The molecule has 0 heterocycles. The average molecular weight is 192 g/mol. The summed E-state index contributed by atoms with van der Waals surface area (Å²) in [6.07, 6.45) is 2.40. The molecule has 0 atom stereocenters. The molecule has 0 bridgehead atoms. The molecule has 1 aromatic carbocycles. The third-order valence-corrected chi connectivity index (χ3v) is 2.28. The van der Waals surface area contributed by atoms with Gasteiger partial charge in [-0.15, -0.1) is 0 Å². The van der Waals surface area contributed by atoms with Crippen LogP contribution in [0.2, 0.25) is 0 Å². The van der Waals surface area contributed by atoms with Crippen LogP contribution in [0.5, 0.6) is 0 Å². The largest absolute Gasteiger partial charge is 0.307 e. The monoisotopic (exact) mass is 192 g/mol. The molecule has 0 aliphatic rings. The van der Waals surface area contributed by atoms with E-state index in [1.807, 2.05) is 7.05 Å². The molecule has 1 rings (SSSR count). The Bertz CT molecular complexity index is 233. The lowest BCUT2D eigenvalue weighted by Crippen LogP contribution is -2.29. The molecule has 14 heavy (non-hydrogen) atoms. The van der Waals surface area contributed by atoms with Crippen molar-refractivity contribution < 1.29 is 0 Å². The van der Waals surface area contributed by atoms with Gasteiger partial charge in [-0.1, -0.05) is 30.3 Å². The van der Waals surface area contributed by atoms with Crippen molar-refractivity contribution in [3.8, 4) is 0 Å². The van der Waals surface area contributed by atoms with Gasteiger partial charge in [-0.25, -0.2) is 0 Å². The van der Waals surface area contributed by atoms with Crippen molar-refractivity contribution in [1.29, 1.82) is 0 Å². The Morgan fingerprint density at radius 1 is 1.21 bits per heavy atom. The van der Waals surface area contributed by atoms with Gasteiger partial charge in [-0.05, 0) is 39.0 Å². The third-order valence-electron chi connectivity index (χ3n) is 2.28. The van der Waals surface area contributed by atoms with Gasteiger partial charge in [0.05, 0.1) is 0 Å². The van der Waals surface area contributed by atoms with Crippen molar-refractivity contribution in [2.75, 3.05) is 27.3 Å². The van der Waals surface area contributed by atoms with Crippen LogP contribution in [0.15, 0.2) is 30.3 Å². The molecular weight excluding hydrogens is 172 g/mol. The van der Waals surface area contributed by atoms with Crippen LogP contribution in [-0.2, 0) is 6.42 Å². The Morgan fingerprint density at radius 3 is 2.57 bits per heavy atom. The minimum absolute atomic E-state index is 0.967. The normalized spacial score (nSPS) is 10.8. The molecule has 0 saturated carbocycles. The van der Waals surface area contributed by atoms with Crippen LogP contribution in [0.4, 0.5) is 0 Å². The van der Waals surface area contributed by atoms with Gasteiger partial charge in [0.2, 0.25) is 0 Å². The van der Waals surface area contributed by atoms with Crippen LogP contribution in [0, 0.1) is 0 Å². The van der Waals surface area contributed by atoms with Crippen molar-refractivity contribution >= 4 is 0 Å². The van der Waals surface area contributed by atoms with Crippen LogP contribution >= 0.6 is 0 Å². The predicted octanol–water partition coefficient (Wildman–Crippen LogP) is 1.73. The van der Waals surface area contributed by atoms with E-state index >= 15 is 0 Å². The van der Waals surface area contributed by atoms with Gasteiger partial charge in [0.25, 0.3) is 0 Å². The molecule has 0 aromatic heterocycles. The first kappa shape index (κ1) is 11.2. The Labute approximate surface area is 86.9 Å². The molecule has 1 N–H and O–H groups in total. The zero-order chi connectivity index (χ0) is 10.2. The Balaban J connectivity index is 2.16. The Hall–Kier alpha value is -0.860. The highest BCUT2D eigenvalue weighted by Crippen LogP contribution is 2.02. The van der Waals surface area contributed by atoms with Crippen molar-refractivity contribution in [2.24, 2.45) is 0 Å². The molecule has 0 saturated heterocycles. The van der Waals surface area contributed by atoms with E-state index in [-0.39, 0.29) is 0 Å². The van der Waals surface area contributed by atoms with E-state index in [1.165, 1.54) is 18.4 Å². The van der Waals surface area contributed by atoms with Gasteiger partial charge in [0, 0.05) is 6.67 Å². The topological polar surface area (TPSA) is 15.3 Å². The lowest BCUT2D eigenvalue weighted by molar-refractivity contribution is 0.313. The van der Waals surface area contributed by atoms with E-state index in [4.69, 9.17) is 0 Å². The fourth-order valence-corrected chi connectivity index (χ4v) is 1.55.